The minimum absolute atomic E-state index is 0.973. The van der Waals surface area contributed by atoms with Crippen LogP contribution in [0.15, 0.2) is 169 Å². The molecule has 2 aromatic heterocycles. The van der Waals surface area contributed by atoms with E-state index >= 15 is 0 Å². The third-order valence-electron chi connectivity index (χ3n) is 10.7. The zero-order chi connectivity index (χ0) is 33.6. The van der Waals surface area contributed by atoms with Crippen LogP contribution >= 0.6 is 15.9 Å². The van der Waals surface area contributed by atoms with Crippen molar-refractivity contribution in [1.82, 2.24) is 9.97 Å². The number of pyridine rings is 2. The molecule has 0 saturated carbocycles. The largest absolute Gasteiger partial charge is 0.256 e. The van der Waals surface area contributed by atoms with Gasteiger partial charge in [0.15, 0.2) is 0 Å². The Balaban J connectivity index is 1.29. The molecule has 1 aliphatic carbocycles. The zero-order valence-electron chi connectivity index (χ0n) is 27.4. The fourth-order valence-corrected chi connectivity index (χ4v) is 9.24. The van der Waals surface area contributed by atoms with Crippen LogP contribution in [-0.2, 0) is 0 Å². The maximum Gasteiger partial charge on any atom is 0.0792 e. The van der Waals surface area contributed by atoms with Gasteiger partial charge in [0.05, 0.1) is 11.0 Å². The predicted octanol–water partition coefficient (Wildman–Crippen LogP) is 13.7. The van der Waals surface area contributed by atoms with Crippen molar-refractivity contribution in [3.63, 3.8) is 0 Å². The summed E-state index contributed by atoms with van der Waals surface area (Å²) < 4.78 is 1.02. The number of nitrogens with zero attached hydrogens (tertiary/aromatic N) is 2. The molecular weight excluding hydrogens is 684 g/mol. The molecule has 0 fully saturated rings. The van der Waals surface area contributed by atoms with Crippen LogP contribution in [0, 0.1) is 0 Å². The highest BCUT2D eigenvalue weighted by atomic mass is 79.9. The van der Waals surface area contributed by atoms with Gasteiger partial charge >= 0.3 is 0 Å². The standard InChI is InChI=1S/C48H27BrN2/c49-41-27-40-39(48-35(41)21-11-25-51-48)26-38(34-20-10-24-50-47(34)40)30-22-23-37-44-31(30)18-9-19-36(44)45-42(28-12-3-1-4-13-28)32-16-7-8-17-33(32)43(46(37)45)29-14-5-2-6-15-29/h1-27H. The minimum atomic E-state index is 0.973. The van der Waals surface area contributed by atoms with Crippen LogP contribution in [0.5, 0.6) is 0 Å². The van der Waals surface area contributed by atoms with Crippen LogP contribution in [0.25, 0.3) is 110 Å². The first-order chi connectivity index (χ1) is 25.3. The Morgan fingerprint density at radius 1 is 0.333 bits per heavy atom. The van der Waals surface area contributed by atoms with Crippen LogP contribution in [0.3, 0.4) is 0 Å². The molecule has 2 nitrogen and oxygen atoms in total. The van der Waals surface area contributed by atoms with E-state index in [1.54, 1.807) is 0 Å². The fraction of sp³-hybridized carbons (Fsp3) is 0. The Bertz CT molecular complexity index is 2980. The smallest absolute Gasteiger partial charge is 0.0792 e. The first kappa shape index (κ1) is 28.7. The van der Waals surface area contributed by atoms with Crippen molar-refractivity contribution < 1.29 is 0 Å². The summed E-state index contributed by atoms with van der Waals surface area (Å²) in [5.74, 6) is 0. The van der Waals surface area contributed by atoms with E-state index < -0.39 is 0 Å². The quantitative estimate of drug-likeness (QED) is 0.171. The maximum atomic E-state index is 4.98. The number of hydrogen-bond acceptors (Lipinski definition) is 2. The summed E-state index contributed by atoms with van der Waals surface area (Å²) in [6.45, 7) is 0. The second-order valence-electron chi connectivity index (χ2n) is 13.3. The predicted molar refractivity (Wildman–Crippen MR) is 218 cm³/mol. The highest BCUT2D eigenvalue weighted by Crippen LogP contribution is 2.58. The zero-order valence-corrected chi connectivity index (χ0v) is 28.9. The van der Waals surface area contributed by atoms with E-state index in [0.29, 0.717) is 0 Å². The number of rotatable bonds is 3. The number of hydrogen-bond donors (Lipinski definition) is 0. The second-order valence-corrected chi connectivity index (χ2v) is 14.2. The normalized spacial score (nSPS) is 12.0. The van der Waals surface area contributed by atoms with Gasteiger partial charge in [0.25, 0.3) is 0 Å². The summed E-state index contributed by atoms with van der Waals surface area (Å²) in [7, 11) is 0. The molecule has 0 atom stereocenters. The number of aromatic nitrogens is 2. The Hall–Kier alpha value is -6.16. The first-order valence-electron chi connectivity index (χ1n) is 17.3. The van der Waals surface area contributed by atoms with Crippen molar-refractivity contribution in [1.29, 1.82) is 0 Å². The lowest BCUT2D eigenvalue weighted by Crippen LogP contribution is -1.93. The molecule has 10 aromatic rings. The van der Waals surface area contributed by atoms with Crippen molar-refractivity contribution in [2.45, 2.75) is 0 Å². The summed E-state index contributed by atoms with van der Waals surface area (Å²) in [6.07, 6.45) is 3.78. The molecule has 2 heterocycles. The van der Waals surface area contributed by atoms with Crippen molar-refractivity contribution in [2.75, 3.05) is 0 Å². The van der Waals surface area contributed by atoms with Gasteiger partial charge in [0.2, 0.25) is 0 Å². The van der Waals surface area contributed by atoms with Crippen LogP contribution in [0.4, 0.5) is 0 Å². The summed E-state index contributed by atoms with van der Waals surface area (Å²) in [4.78, 5) is 9.86. The summed E-state index contributed by atoms with van der Waals surface area (Å²) in [5, 5.41) is 9.49. The number of halogens is 1. The van der Waals surface area contributed by atoms with Gasteiger partial charge in [-0.3, -0.25) is 9.97 Å². The third kappa shape index (κ3) is 4.04. The molecule has 1 aliphatic rings. The van der Waals surface area contributed by atoms with E-state index in [0.717, 1.165) is 42.6 Å². The molecule has 0 aliphatic heterocycles. The molecule has 0 amide bonds. The molecular formula is C48H27BrN2. The van der Waals surface area contributed by atoms with Gasteiger partial charge < -0.3 is 0 Å². The van der Waals surface area contributed by atoms with E-state index in [1.165, 1.54) is 71.6 Å². The van der Waals surface area contributed by atoms with Crippen LogP contribution in [0.1, 0.15) is 0 Å². The van der Waals surface area contributed by atoms with Crippen LogP contribution in [0.2, 0.25) is 0 Å². The van der Waals surface area contributed by atoms with Crippen LogP contribution < -0.4 is 0 Å². The average Bonchev–Trinajstić information content (AvgIpc) is 3.52. The van der Waals surface area contributed by atoms with Gasteiger partial charge in [-0.1, -0.05) is 143 Å². The molecule has 0 saturated heterocycles. The number of fused-ring (bicyclic) bond motifs is 9. The lowest BCUT2D eigenvalue weighted by atomic mass is 9.82. The van der Waals surface area contributed by atoms with E-state index in [2.05, 4.69) is 155 Å². The van der Waals surface area contributed by atoms with Crippen LogP contribution in [-0.4, -0.2) is 9.97 Å². The molecule has 236 valence electrons. The van der Waals surface area contributed by atoms with E-state index in [1.807, 2.05) is 24.5 Å². The van der Waals surface area contributed by atoms with Gasteiger partial charge in [0.1, 0.15) is 0 Å². The molecule has 8 aromatic carbocycles. The Morgan fingerprint density at radius 3 is 1.51 bits per heavy atom. The van der Waals surface area contributed by atoms with Crippen molar-refractivity contribution in [3.05, 3.63) is 169 Å². The molecule has 0 bridgehead atoms. The molecule has 51 heavy (non-hydrogen) atoms. The van der Waals surface area contributed by atoms with Gasteiger partial charge in [-0.05, 0) is 101 Å². The molecule has 0 N–H and O–H groups in total. The van der Waals surface area contributed by atoms with Crippen molar-refractivity contribution >= 4 is 70.1 Å². The second kappa shape index (κ2) is 10.9. The lowest BCUT2D eigenvalue weighted by Gasteiger charge is -2.20. The minimum Gasteiger partial charge on any atom is -0.256 e. The van der Waals surface area contributed by atoms with Crippen molar-refractivity contribution in [3.8, 4) is 55.6 Å². The average molecular weight is 712 g/mol. The summed E-state index contributed by atoms with van der Waals surface area (Å²) in [5.41, 5.74) is 14.5. The Morgan fingerprint density at radius 2 is 0.843 bits per heavy atom. The van der Waals surface area contributed by atoms with Gasteiger partial charge in [-0.15, -0.1) is 0 Å². The first-order valence-corrected chi connectivity index (χ1v) is 18.1. The van der Waals surface area contributed by atoms with Crippen molar-refractivity contribution in [2.24, 2.45) is 0 Å². The van der Waals surface area contributed by atoms with E-state index in [-0.39, 0.29) is 0 Å². The highest BCUT2D eigenvalue weighted by molar-refractivity contribution is 9.10. The SMILES string of the molecule is Brc1cc2c(cc(-c3ccc4c5c(cccc35)-c3c-4c(-c4ccccc4)c4ccccc4c3-c3ccccc3)c3cccnc32)c2ncccc12. The topological polar surface area (TPSA) is 25.8 Å². The van der Waals surface area contributed by atoms with Gasteiger partial charge in [-0.2, -0.15) is 0 Å². The Kier molecular flexibility index (Phi) is 6.14. The van der Waals surface area contributed by atoms with Gasteiger partial charge in [0, 0.05) is 38.4 Å². The molecule has 11 rings (SSSR count). The van der Waals surface area contributed by atoms with E-state index in [4.69, 9.17) is 9.97 Å². The molecule has 0 radical (unpaired) electrons. The fourth-order valence-electron chi connectivity index (χ4n) is 8.69. The summed E-state index contributed by atoms with van der Waals surface area (Å²) >= 11 is 3.83. The van der Waals surface area contributed by atoms with Gasteiger partial charge in [-0.25, -0.2) is 0 Å². The highest BCUT2D eigenvalue weighted by Gasteiger charge is 2.31. The lowest BCUT2D eigenvalue weighted by molar-refractivity contribution is 1.41. The molecule has 3 heteroatoms. The molecule has 0 unspecified atom stereocenters. The number of benzene rings is 8. The molecule has 0 spiro atoms. The Labute approximate surface area is 302 Å². The third-order valence-corrected chi connectivity index (χ3v) is 11.4. The summed E-state index contributed by atoms with van der Waals surface area (Å²) in [6, 6.07) is 55.3. The maximum absolute atomic E-state index is 4.98. The van der Waals surface area contributed by atoms with E-state index in [9.17, 15) is 0 Å². The monoisotopic (exact) mass is 710 g/mol.